The zero-order chi connectivity index (χ0) is 13.0. The lowest BCUT2D eigenvalue weighted by Gasteiger charge is -2.15. The van der Waals surface area contributed by atoms with E-state index in [0.29, 0.717) is 0 Å². The molecule has 0 amide bonds. The molecule has 0 radical (unpaired) electrons. The van der Waals surface area contributed by atoms with Crippen LogP contribution in [0.25, 0.3) is 33.2 Å². The number of benzene rings is 2. The zero-order valence-corrected chi connectivity index (χ0v) is 11.0. The fraction of sp³-hybridized carbons (Fsp3) is 0.118. The molecule has 0 saturated carbocycles. The Morgan fingerprint density at radius 2 is 1.58 bits per heavy atom. The molecule has 0 atom stereocenters. The summed E-state index contributed by atoms with van der Waals surface area (Å²) in [5, 5.41) is 2.51. The molecule has 2 heterocycles. The predicted octanol–water partition coefficient (Wildman–Crippen LogP) is 4.14. The van der Waals surface area contributed by atoms with Crippen molar-refractivity contribution in [1.29, 1.82) is 0 Å². The molecule has 0 fully saturated rings. The van der Waals surface area contributed by atoms with Crippen LogP contribution in [0, 0.1) is 6.92 Å². The first-order chi connectivity index (χ1) is 9.27. The van der Waals surface area contributed by atoms with Gasteiger partial charge in [-0.2, -0.15) is 0 Å². The average molecular weight is 246 g/mol. The highest BCUT2D eigenvalue weighted by atomic mass is 15.0. The molecule has 4 rings (SSSR count). The van der Waals surface area contributed by atoms with Gasteiger partial charge < -0.3 is 4.57 Å². The molecule has 2 nitrogen and oxygen atoms in total. The number of nitrogens with zero attached hydrogens (tertiary/aromatic N) is 2. The normalized spacial score (nSPS) is 11.7. The molecule has 0 spiro atoms. The van der Waals surface area contributed by atoms with Gasteiger partial charge in [0.15, 0.2) is 0 Å². The minimum Gasteiger partial charge on any atom is -0.342 e. The van der Waals surface area contributed by atoms with Crippen LogP contribution in [-0.4, -0.2) is 9.55 Å². The molecule has 2 aromatic carbocycles. The fourth-order valence-electron chi connectivity index (χ4n) is 3.00. The van der Waals surface area contributed by atoms with Gasteiger partial charge in [-0.1, -0.05) is 36.4 Å². The van der Waals surface area contributed by atoms with Crippen molar-refractivity contribution >= 4 is 21.8 Å². The smallest absolute Gasteiger partial charge is 0.0916 e. The molecule has 19 heavy (non-hydrogen) atoms. The quantitative estimate of drug-likeness (QED) is 0.456. The Balaban J connectivity index is 2.35. The van der Waals surface area contributed by atoms with Gasteiger partial charge in [-0.15, -0.1) is 0 Å². The van der Waals surface area contributed by atoms with Gasteiger partial charge in [0.05, 0.1) is 16.9 Å². The number of aromatic nitrogens is 2. The van der Waals surface area contributed by atoms with Crippen molar-refractivity contribution in [2.45, 2.75) is 6.92 Å². The van der Waals surface area contributed by atoms with Gasteiger partial charge in [0.2, 0.25) is 0 Å². The Bertz CT molecular complexity index is 887. The van der Waals surface area contributed by atoms with E-state index in [4.69, 9.17) is 4.98 Å². The molecule has 0 aromatic heterocycles. The molecule has 92 valence electrons. The summed E-state index contributed by atoms with van der Waals surface area (Å²) < 4.78 is 2.26. The van der Waals surface area contributed by atoms with Crippen LogP contribution in [0.5, 0.6) is 0 Å². The number of hydrogen-bond acceptors (Lipinski definition) is 1. The molecular formula is C17H14N2. The summed E-state index contributed by atoms with van der Waals surface area (Å²) >= 11 is 0. The van der Waals surface area contributed by atoms with Crippen molar-refractivity contribution in [3.8, 4) is 11.4 Å². The number of aryl methyl sites for hydroxylation is 2. The van der Waals surface area contributed by atoms with Crippen molar-refractivity contribution in [1.82, 2.24) is 9.55 Å². The van der Waals surface area contributed by atoms with Crippen LogP contribution >= 0.6 is 0 Å². The van der Waals surface area contributed by atoms with Gasteiger partial charge in [0.1, 0.15) is 0 Å². The van der Waals surface area contributed by atoms with Crippen LogP contribution in [0.4, 0.5) is 0 Å². The summed E-state index contributed by atoms with van der Waals surface area (Å²) in [5.41, 5.74) is 5.94. The SMILES string of the molecule is Cc1c2nc3ccccc3c-2n(C)c2ccccc12. The molecular weight excluding hydrogens is 232 g/mol. The first kappa shape index (κ1) is 10.6. The minimum atomic E-state index is 1.08. The summed E-state index contributed by atoms with van der Waals surface area (Å²) in [7, 11) is 2.12. The zero-order valence-electron chi connectivity index (χ0n) is 11.0. The summed E-state index contributed by atoms with van der Waals surface area (Å²) in [6.07, 6.45) is 0. The molecule has 0 bridgehead atoms. The molecule has 0 unspecified atom stereocenters. The molecule has 0 saturated heterocycles. The van der Waals surface area contributed by atoms with Crippen LogP contribution in [0.1, 0.15) is 5.56 Å². The second-order valence-corrected chi connectivity index (χ2v) is 5.03. The fourth-order valence-corrected chi connectivity index (χ4v) is 3.00. The Hall–Kier alpha value is -2.35. The summed E-state index contributed by atoms with van der Waals surface area (Å²) in [5.74, 6) is 0. The van der Waals surface area contributed by atoms with E-state index in [1.165, 1.54) is 27.5 Å². The highest BCUT2D eigenvalue weighted by Crippen LogP contribution is 2.36. The highest BCUT2D eigenvalue weighted by molar-refractivity contribution is 6.02. The molecule has 0 aliphatic carbocycles. The number of pyridine rings is 1. The molecule has 2 heteroatoms. The van der Waals surface area contributed by atoms with Crippen molar-refractivity contribution < 1.29 is 0 Å². The minimum absolute atomic E-state index is 1.08. The maximum absolute atomic E-state index is 4.80. The summed E-state index contributed by atoms with van der Waals surface area (Å²) in [6.45, 7) is 2.16. The van der Waals surface area contributed by atoms with Crippen LogP contribution in [0.3, 0.4) is 0 Å². The number of fused-ring (bicyclic) bond motifs is 4. The molecule has 2 aliphatic rings. The maximum Gasteiger partial charge on any atom is 0.0916 e. The lowest BCUT2D eigenvalue weighted by molar-refractivity contribution is 0.963. The third-order valence-corrected chi connectivity index (χ3v) is 3.98. The van der Waals surface area contributed by atoms with Crippen LogP contribution in [0.2, 0.25) is 0 Å². The van der Waals surface area contributed by atoms with E-state index >= 15 is 0 Å². The summed E-state index contributed by atoms with van der Waals surface area (Å²) in [6, 6.07) is 16.9. The van der Waals surface area contributed by atoms with E-state index in [0.717, 1.165) is 11.2 Å². The third-order valence-electron chi connectivity index (χ3n) is 3.98. The summed E-state index contributed by atoms with van der Waals surface area (Å²) in [4.78, 5) is 4.80. The van der Waals surface area contributed by atoms with E-state index in [1.807, 2.05) is 6.07 Å². The van der Waals surface area contributed by atoms with Gasteiger partial charge in [-0.3, -0.25) is 0 Å². The van der Waals surface area contributed by atoms with E-state index in [-0.39, 0.29) is 0 Å². The van der Waals surface area contributed by atoms with Crippen molar-refractivity contribution in [2.75, 3.05) is 0 Å². The molecule has 2 aromatic rings. The monoisotopic (exact) mass is 246 g/mol. The largest absolute Gasteiger partial charge is 0.342 e. The third kappa shape index (κ3) is 1.28. The second kappa shape index (κ2) is 3.58. The van der Waals surface area contributed by atoms with E-state index in [2.05, 4.69) is 61.0 Å². The topological polar surface area (TPSA) is 17.8 Å². The standard InChI is InChI=1S/C17H14N2/c1-11-12-7-4-6-10-15(12)19(2)17-13-8-3-5-9-14(13)18-16(11)17/h3-10H,1-2H3. The highest BCUT2D eigenvalue weighted by Gasteiger charge is 2.19. The Morgan fingerprint density at radius 3 is 2.42 bits per heavy atom. The average Bonchev–Trinajstić information content (AvgIpc) is 2.84. The van der Waals surface area contributed by atoms with E-state index < -0.39 is 0 Å². The second-order valence-electron chi connectivity index (χ2n) is 5.03. The predicted molar refractivity (Wildman–Crippen MR) is 79.6 cm³/mol. The van der Waals surface area contributed by atoms with E-state index in [9.17, 15) is 0 Å². The van der Waals surface area contributed by atoms with Gasteiger partial charge in [-0.25, -0.2) is 4.98 Å². The lowest BCUT2D eigenvalue weighted by Crippen LogP contribution is -2.01. The van der Waals surface area contributed by atoms with Gasteiger partial charge in [-0.05, 0) is 24.6 Å². The van der Waals surface area contributed by atoms with E-state index in [1.54, 1.807) is 0 Å². The van der Waals surface area contributed by atoms with Crippen LogP contribution in [-0.2, 0) is 7.05 Å². The molecule has 2 aliphatic heterocycles. The maximum atomic E-state index is 4.80. The first-order valence-corrected chi connectivity index (χ1v) is 6.50. The van der Waals surface area contributed by atoms with Crippen molar-refractivity contribution in [3.05, 3.63) is 54.1 Å². The van der Waals surface area contributed by atoms with Crippen LogP contribution in [0.15, 0.2) is 48.5 Å². The Kier molecular flexibility index (Phi) is 1.99. The number of para-hydroxylation sites is 2. The number of hydrogen-bond donors (Lipinski definition) is 0. The van der Waals surface area contributed by atoms with Gasteiger partial charge >= 0.3 is 0 Å². The number of rotatable bonds is 0. The van der Waals surface area contributed by atoms with Gasteiger partial charge in [0, 0.05) is 23.3 Å². The van der Waals surface area contributed by atoms with Crippen molar-refractivity contribution in [2.24, 2.45) is 7.05 Å². The Morgan fingerprint density at radius 1 is 0.895 bits per heavy atom. The van der Waals surface area contributed by atoms with Crippen molar-refractivity contribution in [3.63, 3.8) is 0 Å². The first-order valence-electron chi connectivity index (χ1n) is 6.50. The lowest BCUT2D eigenvalue weighted by atomic mass is 10.0. The van der Waals surface area contributed by atoms with Gasteiger partial charge in [0.25, 0.3) is 0 Å². The Labute approximate surface area is 111 Å². The molecule has 0 N–H and O–H groups in total. The van der Waals surface area contributed by atoms with Crippen LogP contribution < -0.4 is 0 Å².